The van der Waals surface area contributed by atoms with Gasteiger partial charge in [-0.1, -0.05) is 25.2 Å². The first-order valence-electron chi connectivity index (χ1n) is 4.40. The maximum absolute atomic E-state index is 9.60. The van der Waals surface area contributed by atoms with Crippen LogP contribution in [-0.4, -0.2) is 17.4 Å². The number of allylic oxidation sites excluding steroid dienone is 1. The van der Waals surface area contributed by atoms with Crippen LogP contribution in [0.1, 0.15) is 19.8 Å². The zero-order valence-corrected chi connectivity index (χ0v) is 8.74. The molecule has 3 atom stereocenters. The van der Waals surface area contributed by atoms with Crippen molar-refractivity contribution < 1.29 is 5.11 Å². The monoisotopic (exact) mass is 184 g/mol. The van der Waals surface area contributed by atoms with E-state index in [2.05, 4.69) is 28.8 Å². The second-order valence-electron chi connectivity index (χ2n) is 3.50. The number of aliphatic hydroxyl groups excluding tert-OH is 1. The highest BCUT2D eigenvalue weighted by Gasteiger charge is 2.23. The van der Waals surface area contributed by atoms with E-state index in [9.17, 15) is 5.11 Å². The zero-order chi connectivity index (χ0) is 9.14. The topological polar surface area (TPSA) is 20.2 Å². The van der Waals surface area contributed by atoms with Crippen LogP contribution in [0.25, 0.3) is 0 Å². The molecule has 0 bridgehead atoms. The Balaban J connectivity index is 2.65. The Kier molecular flexibility index (Phi) is 3.49. The normalized spacial score (nSPS) is 34.2. The second kappa shape index (κ2) is 4.20. The highest BCUT2D eigenvalue weighted by atomic mass is 31.0. The summed E-state index contributed by atoms with van der Waals surface area (Å²) in [4.78, 5) is 0. The van der Waals surface area contributed by atoms with Gasteiger partial charge in [0, 0.05) is 0 Å². The first-order chi connectivity index (χ1) is 5.65. The third-order valence-electron chi connectivity index (χ3n) is 2.49. The van der Waals surface area contributed by atoms with Crippen LogP contribution < -0.4 is 0 Å². The molecule has 2 heteroatoms. The minimum absolute atomic E-state index is 0.309. The van der Waals surface area contributed by atoms with Gasteiger partial charge in [0.2, 0.25) is 0 Å². The molecule has 1 unspecified atom stereocenters. The van der Waals surface area contributed by atoms with E-state index < -0.39 is 0 Å². The lowest BCUT2D eigenvalue weighted by atomic mass is 9.81. The van der Waals surface area contributed by atoms with E-state index in [1.807, 2.05) is 0 Å². The van der Waals surface area contributed by atoms with Crippen LogP contribution in [0.3, 0.4) is 0 Å². The van der Waals surface area contributed by atoms with Gasteiger partial charge in [0.15, 0.2) is 0 Å². The van der Waals surface area contributed by atoms with Crippen LogP contribution in [0.4, 0.5) is 0 Å². The van der Waals surface area contributed by atoms with Crippen molar-refractivity contribution >= 4 is 9.24 Å². The third kappa shape index (κ3) is 2.18. The van der Waals surface area contributed by atoms with Crippen molar-refractivity contribution in [3.63, 3.8) is 0 Å². The molecule has 68 valence electrons. The van der Waals surface area contributed by atoms with E-state index in [0.717, 1.165) is 24.6 Å². The Morgan fingerprint density at radius 3 is 2.83 bits per heavy atom. The lowest BCUT2D eigenvalue weighted by Crippen LogP contribution is -2.22. The fourth-order valence-electron chi connectivity index (χ4n) is 1.65. The lowest BCUT2D eigenvalue weighted by molar-refractivity contribution is 0.185. The van der Waals surface area contributed by atoms with Crippen molar-refractivity contribution in [1.82, 2.24) is 0 Å². The summed E-state index contributed by atoms with van der Waals surface area (Å²) in [5.41, 5.74) is 2.37. The summed E-state index contributed by atoms with van der Waals surface area (Å²) >= 11 is 0. The predicted molar refractivity (Wildman–Crippen MR) is 56.2 cm³/mol. The van der Waals surface area contributed by atoms with Crippen molar-refractivity contribution in [2.75, 3.05) is 6.16 Å². The fourth-order valence-corrected chi connectivity index (χ4v) is 1.98. The molecule has 0 amide bonds. The molecule has 0 aliphatic heterocycles. The average Bonchev–Trinajstić information content (AvgIpc) is 2.01. The number of rotatable bonds is 1. The van der Waals surface area contributed by atoms with Crippen LogP contribution in [-0.2, 0) is 0 Å². The molecule has 1 aliphatic carbocycles. The van der Waals surface area contributed by atoms with E-state index in [1.54, 1.807) is 0 Å². The lowest BCUT2D eigenvalue weighted by Gasteiger charge is -2.28. The van der Waals surface area contributed by atoms with Gasteiger partial charge in [-0.15, -0.1) is 9.24 Å². The van der Waals surface area contributed by atoms with E-state index >= 15 is 0 Å². The maximum atomic E-state index is 9.60. The number of aliphatic hydroxyl groups is 1. The van der Waals surface area contributed by atoms with Crippen LogP contribution >= 0.6 is 9.24 Å². The molecule has 0 heterocycles. The predicted octanol–water partition coefficient (Wildman–Crippen LogP) is 2.13. The van der Waals surface area contributed by atoms with Crippen molar-refractivity contribution in [3.05, 3.63) is 23.8 Å². The van der Waals surface area contributed by atoms with Crippen molar-refractivity contribution in [2.45, 2.75) is 25.9 Å². The molecule has 0 spiro atoms. The summed E-state index contributed by atoms with van der Waals surface area (Å²) in [5, 5.41) is 9.60. The summed E-state index contributed by atoms with van der Waals surface area (Å²) in [6.07, 6.45) is 4.73. The zero-order valence-electron chi connectivity index (χ0n) is 7.59. The molecule has 1 fully saturated rings. The van der Waals surface area contributed by atoms with Crippen molar-refractivity contribution in [3.8, 4) is 0 Å². The molecule has 0 radical (unpaired) electrons. The van der Waals surface area contributed by atoms with Crippen molar-refractivity contribution in [2.24, 2.45) is 5.92 Å². The summed E-state index contributed by atoms with van der Waals surface area (Å²) < 4.78 is 0. The maximum Gasteiger partial charge on any atom is 0.0787 e. The van der Waals surface area contributed by atoms with Gasteiger partial charge in [-0.25, -0.2) is 0 Å². The average molecular weight is 184 g/mol. The van der Waals surface area contributed by atoms with Crippen molar-refractivity contribution in [1.29, 1.82) is 0 Å². The van der Waals surface area contributed by atoms with Crippen LogP contribution in [0.5, 0.6) is 0 Å². The molecule has 12 heavy (non-hydrogen) atoms. The van der Waals surface area contributed by atoms with Gasteiger partial charge in [-0.2, -0.15) is 0 Å². The summed E-state index contributed by atoms with van der Waals surface area (Å²) in [6.45, 7) is 6.01. The van der Waals surface area contributed by atoms with Gasteiger partial charge in [0.25, 0.3) is 0 Å². The minimum atomic E-state index is -0.309. The molecule has 1 rings (SSSR count). The summed E-state index contributed by atoms with van der Waals surface area (Å²) in [6, 6.07) is 0. The Morgan fingerprint density at radius 2 is 2.33 bits per heavy atom. The van der Waals surface area contributed by atoms with Crippen LogP contribution in [0.2, 0.25) is 0 Å². The molecule has 1 nitrogen and oxygen atoms in total. The highest BCUT2D eigenvalue weighted by molar-refractivity contribution is 7.16. The molecule has 0 aromatic heterocycles. The largest absolute Gasteiger partial charge is 0.388 e. The van der Waals surface area contributed by atoms with E-state index in [-0.39, 0.29) is 6.10 Å². The van der Waals surface area contributed by atoms with Gasteiger partial charge in [0.1, 0.15) is 0 Å². The first kappa shape index (κ1) is 9.95. The number of hydrogen-bond acceptors (Lipinski definition) is 1. The van der Waals surface area contributed by atoms with Gasteiger partial charge in [0.05, 0.1) is 6.10 Å². The smallest absolute Gasteiger partial charge is 0.0787 e. The Labute approximate surface area is 76.8 Å². The quantitative estimate of drug-likeness (QED) is 0.489. The Morgan fingerprint density at radius 1 is 1.67 bits per heavy atom. The Hall–Kier alpha value is -0.130. The molecular weight excluding hydrogens is 167 g/mol. The van der Waals surface area contributed by atoms with Gasteiger partial charge >= 0.3 is 0 Å². The fraction of sp³-hybridized carbons (Fsp3) is 0.600. The second-order valence-corrected chi connectivity index (χ2v) is 3.97. The molecule has 0 aromatic rings. The molecule has 1 aliphatic rings. The standard InChI is InChI=1S/C10H17OP/c1-7-5-9(3-4-12)6-10(11)8(7)2/h3,7,10-11H,2,4-6,12H2,1H3/b9-3-/t7-,10-/m1/s1. The van der Waals surface area contributed by atoms with Crippen LogP contribution in [0.15, 0.2) is 23.8 Å². The summed E-state index contributed by atoms with van der Waals surface area (Å²) in [7, 11) is 2.68. The van der Waals surface area contributed by atoms with Gasteiger partial charge < -0.3 is 5.11 Å². The highest BCUT2D eigenvalue weighted by Crippen LogP contribution is 2.31. The first-order valence-corrected chi connectivity index (χ1v) is 5.21. The minimum Gasteiger partial charge on any atom is -0.388 e. The molecule has 0 aromatic carbocycles. The van der Waals surface area contributed by atoms with Gasteiger partial charge in [-0.3, -0.25) is 0 Å². The number of hydrogen-bond donors (Lipinski definition) is 1. The van der Waals surface area contributed by atoms with Crippen LogP contribution in [0, 0.1) is 5.92 Å². The SMILES string of the molecule is C=C1[C@H](C)C/C(=C/CP)C[C@H]1O. The van der Waals surface area contributed by atoms with Gasteiger partial charge in [-0.05, 0) is 30.5 Å². The third-order valence-corrected chi connectivity index (χ3v) is 2.73. The van der Waals surface area contributed by atoms with E-state index in [0.29, 0.717) is 5.92 Å². The molecule has 0 saturated heterocycles. The molecular formula is C10H17OP. The van der Waals surface area contributed by atoms with E-state index in [4.69, 9.17) is 0 Å². The molecule has 1 N–H and O–H groups in total. The van der Waals surface area contributed by atoms with E-state index in [1.165, 1.54) is 5.57 Å². The summed E-state index contributed by atoms with van der Waals surface area (Å²) in [5.74, 6) is 0.441. The Bertz CT molecular complexity index is 192. The molecule has 1 saturated carbocycles.